The van der Waals surface area contributed by atoms with E-state index in [1.807, 2.05) is 0 Å². The van der Waals surface area contributed by atoms with Gasteiger partial charge in [0.05, 0.1) is 6.07 Å². The number of nitrogens with zero attached hydrogens (tertiary/aromatic N) is 1. The molecule has 0 bridgehead atoms. The Hall–Kier alpha value is -1.30. The monoisotopic (exact) mass is 320 g/mol. The first-order valence-corrected chi connectivity index (χ1v) is 9.60. The largest absolute Gasteiger partial charge is 0.356 e. The number of carbonyl (C=O) groups is 1. The zero-order chi connectivity index (χ0) is 17.0. The van der Waals surface area contributed by atoms with Crippen LogP contribution >= 0.6 is 0 Å². The molecule has 0 aliphatic carbocycles. The van der Waals surface area contributed by atoms with Gasteiger partial charge in [-0.15, -0.1) is 0 Å². The van der Waals surface area contributed by atoms with Crippen LogP contribution in [0.5, 0.6) is 0 Å². The molecule has 0 fully saturated rings. The summed E-state index contributed by atoms with van der Waals surface area (Å²) in [5.74, 6) is 0.216. The Kier molecular flexibility index (Phi) is 17.7. The van der Waals surface area contributed by atoms with Gasteiger partial charge in [0, 0.05) is 19.4 Å². The van der Waals surface area contributed by atoms with Crippen LogP contribution in [0, 0.1) is 11.3 Å². The zero-order valence-electron chi connectivity index (χ0n) is 15.1. The second-order valence-corrected chi connectivity index (χ2v) is 6.24. The van der Waals surface area contributed by atoms with Gasteiger partial charge < -0.3 is 5.32 Å². The standard InChI is InChI=1S/C20H36N2O/c1-2-3-4-14-17-20(23)22-19-16-13-11-9-7-5-6-8-10-12-15-18-21/h7,9H,2-6,8,10-17,19H2,1H3,(H,22,23)/b9-7-. The van der Waals surface area contributed by atoms with Crippen LogP contribution in [0.25, 0.3) is 0 Å². The Labute approximate surface area is 143 Å². The average molecular weight is 321 g/mol. The zero-order valence-corrected chi connectivity index (χ0v) is 15.1. The van der Waals surface area contributed by atoms with Crippen LogP contribution in [-0.2, 0) is 4.79 Å². The van der Waals surface area contributed by atoms with Crippen molar-refractivity contribution < 1.29 is 4.79 Å². The average Bonchev–Trinajstić information content (AvgIpc) is 2.56. The van der Waals surface area contributed by atoms with E-state index < -0.39 is 0 Å². The third kappa shape index (κ3) is 18.7. The van der Waals surface area contributed by atoms with E-state index in [1.165, 1.54) is 38.5 Å². The second-order valence-electron chi connectivity index (χ2n) is 6.24. The van der Waals surface area contributed by atoms with Gasteiger partial charge in [-0.3, -0.25) is 4.79 Å². The predicted octanol–water partition coefficient (Wildman–Crippen LogP) is 5.66. The van der Waals surface area contributed by atoms with E-state index in [-0.39, 0.29) is 5.91 Å². The van der Waals surface area contributed by atoms with Crippen LogP contribution in [0.1, 0.15) is 96.8 Å². The Morgan fingerprint density at radius 1 is 0.913 bits per heavy atom. The third-order valence-corrected chi connectivity index (χ3v) is 3.95. The summed E-state index contributed by atoms with van der Waals surface area (Å²) in [7, 11) is 0. The fourth-order valence-electron chi connectivity index (χ4n) is 2.47. The molecule has 0 heterocycles. The normalized spacial score (nSPS) is 10.8. The number of nitriles is 1. The maximum absolute atomic E-state index is 11.6. The molecule has 132 valence electrons. The highest BCUT2D eigenvalue weighted by molar-refractivity contribution is 5.75. The first-order valence-electron chi connectivity index (χ1n) is 9.60. The summed E-state index contributed by atoms with van der Waals surface area (Å²) in [5.41, 5.74) is 0. The number of amides is 1. The minimum atomic E-state index is 0.216. The van der Waals surface area contributed by atoms with Gasteiger partial charge in [-0.05, 0) is 44.9 Å². The van der Waals surface area contributed by atoms with Crippen molar-refractivity contribution in [1.82, 2.24) is 5.32 Å². The topological polar surface area (TPSA) is 52.9 Å². The first kappa shape index (κ1) is 21.7. The number of allylic oxidation sites excluding steroid dienone is 2. The summed E-state index contributed by atoms with van der Waals surface area (Å²) in [4.78, 5) is 11.6. The Morgan fingerprint density at radius 3 is 2.26 bits per heavy atom. The number of unbranched alkanes of at least 4 members (excludes halogenated alkanes) is 10. The van der Waals surface area contributed by atoms with Gasteiger partial charge in [0.1, 0.15) is 0 Å². The third-order valence-electron chi connectivity index (χ3n) is 3.95. The summed E-state index contributed by atoms with van der Waals surface area (Å²) in [5, 5.41) is 11.4. The van der Waals surface area contributed by atoms with E-state index in [1.54, 1.807) is 0 Å². The molecule has 1 amide bonds. The Morgan fingerprint density at radius 2 is 1.57 bits per heavy atom. The van der Waals surface area contributed by atoms with Crippen LogP contribution in [0.3, 0.4) is 0 Å². The molecule has 0 aromatic heterocycles. The predicted molar refractivity (Wildman–Crippen MR) is 98.1 cm³/mol. The van der Waals surface area contributed by atoms with Crippen LogP contribution in [0.2, 0.25) is 0 Å². The Balaban J connectivity index is 3.21. The number of hydrogen-bond acceptors (Lipinski definition) is 2. The summed E-state index contributed by atoms with van der Waals surface area (Å²) in [6.45, 7) is 3.00. The smallest absolute Gasteiger partial charge is 0.219 e. The van der Waals surface area contributed by atoms with Crippen LogP contribution < -0.4 is 5.32 Å². The summed E-state index contributed by atoms with van der Waals surface area (Å²) < 4.78 is 0. The van der Waals surface area contributed by atoms with E-state index in [0.717, 1.165) is 45.1 Å². The van der Waals surface area contributed by atoms with Gasteiger partial charge in [0.25, 0.3) is 0 Å². The van der Waals surface area contributed by atoms with Gasteiger partial charge in [-0.25, -0.2) is 0 Å². The molecule has 0 aliphatic heterocycles. The molecule has 0 rings (SSSR count). The fourth-order valence-corrected chi connectivity index (χ4v) is 2.47. The number of nitrogens with one attached hydrogen (secondary N) is 1. The molecule has 3 nitrogen and oxygen atoms in total. The minimum absolute atomic E-state index is 0.216. The molecule has 23 heavy (non-hydrogen) atoms. The number of carbonyl (C=O) groups excluding carboxylic acids is 1. The van der Waals surface area contributed by atoms with Crippen molar-refractivity contribution in [3.8, 4) is 6.07 Å². The molecule has 0 unspecified atom stereocenters. The molecule has 0 aliphatic rings. The van der Waals surface area contributed by atoms with Crippen molar-refractivity contribution in [1.29, 1.82) is 5.26 Å². The van der Waals surface area contributed by atoms with Crippen molar-refractivity contribution in [2.45, 2.75) is 96.8 Å². The van der Waals surface area contributed by atoms with Gasteiger partial charge in [0.2, 0.25) is 5.91 Å². The van der Waals surface area contributed by atoms with Gasteiger partial charge in [0.15, 0.2) is 0 Å². The quantitative estimate of drug-likeness (QED) is 0.294. The molecule has 0 spiro atoms. The summed E-state index contributed by atoms with van der Waals surface area (Å²) in [6, 6.07) is 2.18. The second kappa shape index (κ2) is 18.7. The lowest BCUT2D eigenvalue weighted by Gasteiger charge is -2.04. The molecule has 0 radical (unpaired) electrons. The maximum atomic E-state index is 11.6. The lowest BCUT2D eigenvalue weighted by Crippen LogP contribution is -2.23. The molecule has 0 aromatic rings. The first-order chi connectivity index (χ1) is 11.3. The molecule has 3 heteroatoms. The Bertz CT molecular complexity index is 331. The van der Waals surface area contributed by atoms with Crippen molar-refractivity contribution >= 4 is 5.91 Å². The van der Waals surface area contributed by atoms with E-state index in [0.29, 0.717) is 12.8 Å². The molecule has 0 atom stereocenters. The number of hydrogen-bond donors (Lipinski definition) is 1. The number of rotatable bonds is 16. The van der Waals surface area contributed by atoms with Crippen molar-refractivity contribution in [2.24, 2.45) is 0 Å². The van der Waals surface area contributed by atoms with E-state index >= 15 is 0 Å². The maximum Gasteiger partial charge on any atom is 0.219 e. The molecule has 0 saturated heterocycles. The van der Waals surface area contributed by atoms with Crippen LogP contribution in [0.4, 0.5) is 0 Å². The molecule has 1 N–H and O–H groups in total. The summed E-state index contributed by atoms with van der Waals surface area (Å²) >= 11 is 0. The van der Waals surface area contributed by atoms with E-state index in [9.17, 15) is 4.79 Å². The molecular weight excluding hydrogens is 284 g/mol. The molecule has 0 aromatic carbocycles. The lowest BCUT2D eigenvalue weighted by atomic mass is 10.1. The van der Waals surface area contributed by atoms with Crippen LogP contribution in [-0.4, -0.2) is 12.5 Å². The highest BCUT2D eigenvalue weighted by Gasteiger charge is 1.99. The molecule has 0 saturated carbocycles. The minimum Gasteiger partial charge on any atom is -0.356 e. The lowest BCUT2D eigenvalue weighted by molar-refractivity contribution is -0.121. The summed E-state index contributed by atoms with van der Waals surface area (Å²) in [6.07, 6.45) is 19.8. The van der Waals surface area contributed by atoms with Crippen molar-refractivity contribution in [2.75, 3.05) is 6.54 Å². The van der Waals surface area contributed by atoms with E-state index in [2.05, 4.69) is 30.5 Å². The van der Waals surface area contributed by atoms with Crippen molar-refractivity contribution in [3.63, 3.8) is 0 Å². The van der Waals surface area contributed by atoms with E-state index in [4.69, 9.17) is 5.26 Å². The van der Waals surface area contributed by atoms with Crippen molar-refractivity contribution in [3.05, 3.63) is 12.2 Å². The highest BCUT2D eigenvalue weighted by atomic mass is 16.1. The van der Waals surface area contributed by atoms with Gasteiger partial charge in [-0.2, -0.15) is 5.26 Å². The highest BCUT2D eigenvalue weighted by Crippen LogP contribution is 2.06. The SMILES string of the molecule is CCCCCCC(=O)NCCCC/C=C\CCCCCCC#N. The van der Waals surface area contributed by atoms with Crippen LogP contribution in [0.15, 0.2) is 12.2 Å². The fraction of sp³-hybridized carbons (Fsp3) is 0.800. The van der Waals surface area contributed by atoms with Gasteiger partial charge in [-0.1, -0.05) is 51.2 Å². The van der Waals surface area contributed by atoms with Gasteiger partial charge >= 0.3 is 0 Å². The molecular formula is C20H36N2O.